The maximum absolute atomic E-state index is 11.3. The van der Waals surface area contributed by atoms with E-state index < -0.39 is 5.91 Å². The van der Waals surface area contributed by atoms with Crippen molar-refractivity contribution in [3.63, 3.8) is 0 Å². The summed E-state index contributed by atoms with van der Waals surface area (Å²) < 4.78 is 13.0. The normalized spacial score (nSPS) is 10.8. The van der Waals surface area contributed by atoms with Crippen molar-refractivity contribution in [1.82, 2.24) is 9.38 Å². The Morgan fingerprint density at radius 1 is 1.10 bits per heavy atom. The van der Waals surface area contributed by atoms with Crippen LogP contribution < -0.4 is 20.5 Å². The number of hydrogen-bond acceptors (Lipinski definition) is 5. The zero-order valence-corrected chi connectivity index (χ0v) is 17.7. The summed E-state index contributed by atoms with van der Waals surface area (Å²) in [5, 5.41) is 3.57. The summed E-state index contributed by atoms with van der Waals surface area (Å²) >= 11 is 0. The summed E-state index contributed by atoms with van der Waals surface area (Å²) in [5.74, 6) is 1.31. The van der Waals surface area contributed by atoms with Gasteiger partial charge in [0, 0.05) is 23.5 Å². The molecule has 2 aromatic heterocycles. The molecule has 0 aliphatic heterocycles. The molecule has 0 aliphatic carbocycles. The molecule has 7 heteroatoms. The first-order valence-electron chi connectivity index (χ1n) is 9.87. The zero-order valence-electron chi connectivity index (χ0n) is 17.7. The van der Waals surface area contributed by atoms with Gasteiger partial charge in [0.2, 0.25) is 0 Å². The molecule has 0 spiro atoms. The Morgan fingerprint density at radius 2 is 1.87 bits per heavy atom. The summed E-state index contributed by atoms with van der Waals surface area (Å²) in [6.07, 6.45) is 1.95. The third-order valence-electron chi connectivity index (χ3n) is 5.07. The van der Waals surface area contributed by atoms with Crippen LogP contribution in [-0.2, 0) is 4.79 Å². The number of methoxy groups -OCH3 is 1. The van der Waals surface area contributed by atoms with E-state index in [0.29, 0.717) is 17.2 Å². The Labute approximate surface area is 180 Å². The van der Waals surface area contributed by atoms with Gasteiger partial charge in [0.15, 0.2) is 6.61 Å². The molecular weight excluding hydrogens is 392 g/mol. The molecule has 4 rings (SSSR count). The van der Waals surface area contributed by atoms with E-state index >= 15 is 0 Å². The molecule has 1 amide bonds. The number of amides is 1. The number of carbonyl (C=O) groups is 1. The van der Waals surface area contributed by atoms with Crippen LogP contribution >= 0.6 is 0 Å². The number of imidazole rings is 1. The van der Waals surface area contributed by atoms with E-state index in [1.54, 1.807) is 13.2 Å². The highest BCUT2D eigenvalue weighted by Gasteiger charge is 2.20. The number of nitrogens with one attached hydrogen (secondary N) is 1. The minimum Gasteiger partial charge on any atom is -0.497 e. The molecule has 0 saturated heterocycles. The van der Waals surface area contributed by atoms with Crippen molar-refractivity contribution in [3.8, 4) is 22.8 Å². The van der Waals surface area contributed by atoms with E-state index in [1.807, 2.05) is 47.0 Å². The van der Waals surface area contributed by atoms with Crippen LogP contribution in [0.5, 0.6) is 11.5 Å². The Balaban J connectivity index is 1.90. The van der Waals surface area contributed by atoms with E-state index in [0.717, 1.165) is 33.8 Å². The first-order valence-corrected chi connectivity index (χ1v) is 9.87. The number of para-hydroxylation sites is 1. The van der Waals surface area contributed by atoms with Crippen molar-refractivity contribution in [1.29, 1.82) is 0 Å². The lowest BCUT2D eigenvalue weighted by molar-refractivity contribution is -0.119. The predicted molar refractivity (Wildman–Crippen MR) is 121 cm³/mol. The fraction of sp³-hybridized carbons (Fsp3) is 0.167. The Hall–Kier alpha value is -4.00. The van der Waals surface area contributed by atoms with Crippen molar-refractivity contribution < 1.29 is 14.3 Å². The number of carbonyl (C=O) groups excluding carboxylic acids is 1. The molecular formula is C24H24N4O3. The first-order chi connectivity index (χ1) is 15.0. The van der Waals surface area contributed by atoms with Gasteiger partial charge in [0.05, 0.1) is 7.11 Å². The van der Waals surface area contributed by atoms with Crippen molar-refractivity contribution in [3.05, 3.63) is 71.9 Å². The molecule has 7 nitrogen and oxygen atoms in total. The van der Waals surface area contributed by atoms with Gasteiger partial charge < -0.3 is 20.5 Å². The van der Waals surface area contributed by atoms with Crippen molar-refractivity contribution >= 4 is 23.1 Å². The van der Waals surface area contributed by atoms with Gasteiger partial charge in [-0.15, -0.1) is 0 Å². The average Bonchev–Trinajstić information content (AvgIpc) is 3.12. The minimum absolute atomic E-state index is 0.243. The maximum Gasteiger partial charge on any atom is 0.255 e. The second kappa shape index (κ2) is 8.39. The van der Waals surface area contributed by atoms with Gasteiger partial charge >= 0.3 is 0 Å². The Bertz CT molecular complexity index is 1240. The number of ether oxygens (including phenoxy) is 2. The highest BCUT2D eigenvalue weighted by molar-refractivity contribution is 5.84. The highest BCUT2D eigenvalue weighted by atomic mass is 16.5. The lowest BCUT2D eigenvalue weighted by atomic mass is 10.1. The second-order valence-corrected chi connectivity index (χ2v) is 7.25. The standard InChI is InChI=1S/C24H24N4O3/c1-15-7-6-8-16(2)22(15)27-24-23(26-21-9-4-5-12-28(21)24)18-11-10-17(30-3)13-19(18)31-14-20(25)29/h4-13,27H,14H2,1-3H3,(H2,25,29). The van der Waals surface area contributed by atoms with Crippen LogP contribution in [0.15, 0.2) is 60.8 Å². The molecule has 2 aromatic carbocycles. The third kappa shape index (κ3) is 4.02. The van der Waals surface area contributed by atoms with Gasteiger partial charge in [0.25, 0.3) is 5.91 Å². The molecule has 0 aliphatic rings. The van der Waals surface area contributed by atoms with Crippen LogP contribution in [0.4, 0.5) is 11.5 Å². The predicted octanol–water partition coefficient (Wildman–Crippen LogP) is 4.23. The summed E-state index contributed by atoms with van der Waals surface area (Å²) in [6, 6.07) is 17.4. The number of fused-ring (bicyclic) bond motifs is 1. The third-order valence-corrected chi connectivity index (χ3v) is 5.07. The van der Waals surface area contributed by atoms with Crippen LogP contribution in [0.2, 0.25) is 0 Å². The van der Waals surface area contributed by atoms with Crippen molar-refractivity contribution in [2.45, 2.75) is 13.8 Å². The molecule has 0 saturated carbocycles. The monoisotopic (exact) mass is 416 g/mol. The largest absolute Gasteiger partial charge is 0.497 e. The van der Waals surface area contributed by atoms with Crippen molar-refractivity contribution in [2.75, 3.05) is 19.0 Å². The molecule has 0 bridgehead atoms. The zero-order chi connectivity index (χ0) is 22.0. The average molecular weight is 416 g/mol. The van der Waals surface area contributed by atoms with Gasteiger partial charge in [-0.3, -0.25) is 9.20 Å². The molecule has 0 radical (unpaired) electrons. The fourth-order valence-electron chi connectivity index (χ4n) is 3.53. The molecule has 0 unspecified atom stereocenters. The second-order valence-electron chi connectivity index (χ2n) is 7.25. The molecule has 2 heterocycles. The molecule has 0 atom stereocenters. The highest BCUT2D eigenvalue weighted by Crippen LogP contribution is 2.39. The van der Waals surface area contributed by atoms with E-state index in [2.05, 4.69) is 31.3 Å². The molecule has 4 aromatic rings. The minimum atomic E-state index is -0.558. The quantitative estimate of drug-likeness (QED) is 0.470. The van der Waals surface area contributed by atoms with Crippen LogP contribution in [0.1, 0.15) is 11.1 Å². The van der Waals surface area contributed by atoms with E-state index in [-0.39, 0.29) is 6.61 Å². The molecule has 0 fully saturated rings. The van der Waals surface area contributed by atoms with Crippen LogP contribution in [0, 0.1) is 13.8 Å². The van der Waals surface area contributed by atoms with Crippen LogP contribution in [-0.4, -0.2) is 29.0 Å². The van der Waals surface area contributed by atoms with Gasteiger partial charge in [-0.2, -0.15) is 0 Å². The number of primary amides is 1. The smallest absolute Gasteiger partial charge is 0.255 e. The number of rotatable bonds is 7. The number of nitrogens with zero attached hydrogens (tertiary/aromatic N) is 2. The van der Waals surface area contributed by atoms with Crippen LogP contribution in [0.3, 0.4) is 0 Å². The Kier molecular flexibility index (Phi) is 5.49. The number of aryl methyl sites for hydroxylation is 2. The summed E-state index contributed by atoms with van der Waals surface area (Å²) in [6.45, 7) is 3.88. The van der Waals surface area contributed by atoms with E-state index in [1.165, 1.54) is 0 Å². The molecule has 158 valence electrons. The molecule has 3 N–H and O–H groups in total. The lowest BCUT2D eigenvalue weighted by Crippen LogP contribution is -2.20. The van der Waals surface area contributed by atoms with Gasteiger partial charge in [0.1, 0.15) is 28.7 Å². The number of nitrogens with two attached hydrogens (primary N) is 1. The van der Waals surface area contributed by atoms with Crippen molar-refractivity contribution in [2.24, 2.45) is 5.73 Å². The lowest BCUT2D eigenvalue weighted by Gasteiger charge is -2.16. The summed E-state index contributed by atoms with van der Waals surface area (Å²) in [4.78, 5) is 16.2. The van der Waals surface area contributed by atoms with Gasteiger partial charge in [-0.1, -0.05) is 24.3 Å². The van der Waals surface area contributed by atoms with E-state index in [9.17, 15) is 4.79 Å². The molecule has 31 heavy (non-hydrogen) atoms. The fourth-order valence-corrected chi connectivity index (χ4v) is 3.53. The van der Waals surface area contributed by atoms with Gasteiger partial charge in [-0.05, 0) is 49.2 Å². The van der Waals surface area contributed by atoms with E-state index in [4.69, 9.17) is 20.2 Å². The summed E-state index contributed by atoms with van der Waals surface area (Å²) in [5.41, 5.74) is 10.8. The summed E-state index contributed by atoms with van der Waals surface area (Å²) in [7, 11) is 1.58. The van der Waals surface area contributed by atoms with Gasteiger partial charge in [-0.25, -0.2) is 4.98 Å². The SMILES string of the molecule is COc1ccc(-c2nc3ccccn3c2Nc2c(C)cccc2C)c(OCC(N)=O)c1. The number of anilines is 2. The number of benzene rings is 2. The number of pyridine rings is 1. The maximum atomic E-state index is 11.3. The first kappa shape index (κ1) is 20.3. The topological polar surface area (TPSA) is 90.9 Å². The van der Waals surface area contributed by atoms with Crippen LogP contribution in [0.25, 0.3) is 16.9 Å². The number of aromatic nitrogens is 2. The number of hydrogen-bond donors (Lipinski definition) is 2. The Morgan fingerprint density at radius 3 is 2.58 bits per heavy atom.